The van der Waals surface area contributed by atoms with Crippen molar-refractivity contribution in [2.24, 2.45) is 11.5 Å². The van der Waals surface area contributed by atoms with Gasteiger partial charge in [0.15, 0.2) is 0 Å². The molecular formula is C19H29N3. The normalized spacial score (nSPS) is 14.1. The Bertz CT molecular complexity index is 465. The molecule has 1 aliphatic rings. The Morgan fingerprint density at radius 3 is 1.55 bits per heavy atom. The van der Waals surface area contributed by atoms with Crippen LogP contribution >= 0.6 is 0 Å². The highest BCUT2D eigenvalue weighted by molar-refractivity contribution is 5.35. The Morgan fingerprint density at radius 2 is 1.27 bits per heavy atom. The molecule has 1 aliphatic carbocycles. The lowest BCUT2D eigenvalue weighted by Gasteiger charge is -2.15. The molecule has 3 rings (SSSR count). The van der Waals surface area contributed by atoms with E-state index in [0.29, 0.717) is 12.6 Å². The minimum absolute atomic E-state index is 0.536. The van der Waals surface area contributed by atoms with Crippen LogP contribution in [0.25, 0.3) is 0 Å². The summed E-state index contributed by atoms with van der Waals surface area (Å²) in [4.78, 5) is 0. The van der Waals surface area contributed by atoms with Crippen LogP contribution in [-0.2, 0) is 6.54 Å². The molecule has 0 radical (unpaired) electrons. The highest BCUT2D eigenvalue weighted by Gasteiger charge is 2.06. The molecule has 0 atom stereocenters. The van der Waals surface area contributed by atoms with E-state index < -0.39 is 0 Å². The van der Waals surface area contributed by atoms with E-state index in [1.165, 1.54) is 37.7 Å². The number of anilines is 1. The molecule has 0 bridgehead atoms. The van der Waals surface area contributed by atoms with Crippen molar-refractivity contribution in [3.63, 3.8) is 0 Å². The molecule has 1 fully saturated rings. The summed E-state index contributed by atoms with van der Waals surface area (Å²) in [6.45, 7) is 0.640. The van der Waals surface area contributed by atoms with Gasteiger partial charge in [0.2, 0.25) is 0 Å². The predicted molar refractivity (Wildman–Crippen MR) is 96.2 cm³/mol. The first-order valence-electron chi connectivity index (χ1n) is 8.02. The van der Waals surface area contributed by atoms with Crippen LogP contribution in [0.1, 0.15) is 37.7 Å². The van der Waals surface area contributed by atoms with Crippen LogP contribution in [0.2, 0.25) is 0 Å². The number of para-hydroxylation sites is 1. The van der Waals surface area contributed by atoms with Crippen LogP contribution in [0.15, 0.2) is 60.7 Å². The second-order valence-electron chi connectivity index (χ2n) is 5.50. The highest BCUT2D eigenvalue weighted by Crippen LogP contribution is 2.14. The number of benzene rings is 2. The maximum absolute atomic E-state index is 5.63. The molecule has 0 spiro atoms. The number of hydrogen-bond donors (Lipinski definition) is 3. The minimum atomic E-state index is 0.536. The zero-order chi connectivity index (χ0) is 16.0. The second kappa shape index (κ2) is 11.8. The van der Waals surface area contributed by atoms with Crippen molar-refractivity contribution in [3.8, 4) is 0 Å². The average Bonchev–Trinajstić information content (AvgIpc) is 2.58. The number of hydrogen-bond acceptors (Lipinski definition) is 3. The van der Waals surface area contributed by atoms with Gasteiger partial charge in [-0.2, -0.15) is 0 Å². The van der Waals surface area contributed by atoms with Crippen LogP contribution < -0.4 is 17.2 Å². The minimum Gasteiger partial charge on any atom is -0.399 e. The average molecular weight is 299 g/mol. The third-order valence-corrected chi connectivity index (χ3v) is 3.53. The molecule has 0 aliphatic heterocycles. The molecule has 0 unspecified atom stereocenters. The molecule has 0 saturated heterocycles. The molecule has 2 aromatic carbocycles. The Morgan fingerprint density at radius 1 is 0.773 bits per heavy atom. The third kappa shape index (κ3) is 9.16. The summed E-state index contributed by atoms with van der Waals surface area (Å²) in [6, 6.07) is 20.0. The Labute approximate surface area is 134 Å². The molecular weight excluding hydrogens is 270 g/mol. The Hall–Kier alpha value is -1.84. The summed E-state index contributed by atoms with van der Waals surface area (Å²) in [5.41, 5.74) is 18.4. The van der Waals surface area contributed by atoms with E-state index in [0.717, 1.165) is 5.69 Å². The molecule has 3 heteroatoms. The molecule has 3 nitrogen and oxygen atoms in total. The second-order valence-corrected chi connectivity index (χ2v) is 5.50. The number of rotatable bonds is 1. The molecule has 0 amide bonds. The summed E-state index contributed by atoms with van der Waals surface area (Å²) in [5, 5.41) is 0. The smallest absolute Gasteiger partial charge is 0.0313 e. The van der Waals surface area contributed by atoms with E-state index in [9.17, 15) is 0 Å². The van der Waals surface area contributed by atoms with Gasteiger partial charge in [0.25, 0.3) is 0 Å². The van der Waals surface area contributed by atoms with Gasteiger partial charge >= 0.3 is 0 Å². The molecule has 0 heterocycles. The van der Waals surface area contributed by atoms with Crippen molar-refractivity contribution in [1.29, 1.82) is 0 Å². The van der Waals surface area contributed by atoms with Crippen LogP contribution in [-0.4, -0.2) is 6.04 Å². The summed E-state index contributed by atoms with van der Waals surface area (Å²) < 4.78 is 0. The third-order valence-electron chi connectivity index (χ3n) is 3.53. The maximum Gasteiger partial charge on any atom is 0.0313 e. The first kappa shape index (κ1) is 18.2. The molecule has 6 N–H and O–H groups in total. The zero-order valence-corrected chi connectivity index (χ0v) is 13.3. The van der Waals surface area contributed by atoms with Gasteiger partial charge in [-0.1, -0.05) is 67.8 Å². The monoisotopic (exact) mass is 299 g/mol. The first-order valence-corrected chi connectivity index (χ1v) is 8.02. The Kier molecular flexibility index (Phi) is 9.75. The van der Waals surface area contributed by atoms with E-state index in [1.807, 2.05) is 60.7 Å². The SMILES string of the molecule is NC1CCCCC1.NCc1ccccc1.Nc1ccccc1. The molecule has 0 aromatic heterocycles. The van der Waals surface area contributed by atoms with Crippen molar-refractivity contribution in [1.82, 2.24) is 0 Å². The number of nitrogen functional groups attached to an aromatic ring is 1. The summed E-state index contributed by atoms with van der Waals surface area (Å²) in [5.74, 6) is 0. The topological polar surface area (TPSA) is 78.1 Å². The highest BCUT2D eigenvalue weighted by atomic mass is 14.6. The summed E-state index contributed by atoms with van der Waals surface area (Å²) in [7, 11) is 0. The van der Waals surface area contributed by atoms with Gasteiger partial charge in [-0.3, -0.25) is 0 Å². The van der Waals surface area contributed by atoms with Gasteiger partial charge < -0.3 is 17.2 Å². The molecule has 120 valence electrons. The van der Waals surface area contributed by atoms with Gasteiger partial charge in [0.05, 0.1) is 0 Å². The van der Waals surface area contributed by atoms with E-state index in [4.69, 9.17) is 17.2 Å². The Balaban J connectivity index is 0.000000166. The standard InChI is InChI=1S/C7H9N.C6H13N.C6H7N/c8-6-7-4-2-1-3-5-7;2*7-6-4-2-1-3-5-6/h1-5H,6,8H2;6H,1-5,7H2;1-5H,7H2. The zero-order valence-electron chi connectivity index (χ0n) is 13.3. The van der Waals surface area contributed by atoms with Gasteiger partial charge in [0, 0.05) is 18.3 Å². The van der Waals surface area contributed by atoms with Crippen LogP contribution in [0, 0.1) is 0 Å². The quantitative estimate of drug-likeness (QED) is 0.703. The molecule has 2 aromatic rings. The van der Waals surface area contributed by atoms with Crippen molar-refractivity contribution in [3.05, 3.63) is 66.2 Å². The van der Waals surface area contributed by atoms with Crippen molar-refractivity contribution in [2.75, 3.05) is 5.73 Å². The lowest BCUT2D eigenvalue weighted by atomic mass is 9.97. The first-order chi connectivity index (χ1) is 10.7. The molecule has 22 heavy (non-hydrogen) atoms. The van der Waals surface area contributed by atoms with Crippen molar-refractivity contribution < 1.29 is 0 Å². The van der Waals surface area contributed by atoms with Crippen LogP contribution in [0.5, 0.6) is 0 Å². The van der Waals surface area contributed by atoms with Crippen molar-refractivity contribution in [2.45, 2.75) is 44.7 Å². The van der Waals surface area contributed by atoms with Gasteiger partial charge in [-0.15, -0.1) is 0 Å². The molecule has 1 saturated carbocycles. The fourth-order valence-electron chi connectivity index (χ4n) is 2.20. The van der Waals surface area contributed by atoms with E-state index in [1.54, 1.807) is 0 Å². The largest absolute Gasteiger partial charge is 0.399 e. The van der Waals surface area contributed by atoms with Gasteiger partial charge in [-0.25, -0.2) is 0 Å². The van der Waals surface area contributed by atoms with Gasteiger partial charge in [-0.05, 0) is 30.5 Å². The van der Waals surface area contributed by atoms with Gasteiger partial charge in [0.1, 0.15) is 0 Å². The predicted octanol–water partition coefficient (Wildman–Crippen LogP) is 3.69. The lowest BCUT2D eigenvalue weighted by Crippen LogP contribution is -2.22. The summed E-state index contributed by atoms with van der Waals surface area (Å²) >= 11 is 0. The van der Waals surface area contributed by atoms with Crippen LogP contribution in [0.3, 0.4) is 0 Å². The fourth-order valence-corrected chi connectivity index (χ4v) is 2.20. The van der Waals surface area contributed by atoms with Crippen molar-refractivity contribution >= 4 is 5.69 Å². The van der Waals surface area contributed by atoms with E-state index in [2.05, 4.69) is 0 Å². The number of nitrogens with two attached hydrogens (primary N) is 3. The summed E-state index contributed by atoms with van der Waals surface area (Å²) in [6.07, 6.45) is 6.66. The van der Waals surface area contributed by atoms with Crippen LogP contribution in [0.4, 0.5) is 5.69 Å². The van der Waals surface area contributed by atoms with E-state index in [-0.39, 0.29) is 0 Å². The van der Waals surface area contributed by atoms with E-state index >= 15 is 0 Å². The fraction of sp³-hybridized carbons (Fsp3) is 0.368. The lowest BCUT2D eigenvalue weighted by molar-refractivity contribution is 0.441. The maximum atomic E-state index is 5.63.